The molecule has 1 heterocycles. The van der Waals surface area contributed by atoms with Crippen LogP contribution in [0.2, 0.25) is 0 Å². The minimum Gasteiger partial charge on any atom is -0.356 e. The molecule has 0 amide bonds. The van der Waals surface area contributed by atoms with E-state index in [0.29, 0.717) is 17.7 Å². The van der Waals surface area contributed by atoms with Gasteiger partial charge in [0.1, 0.15) is 4.91 Å². The molecule has 0 bridgehead atoms. The minimum atomic E-state index is -3.77. The summed E-state index contributed by atoms with van der Waals surface area (Å²) in [6.07, 6.45) is 12.2. The van der Waals surface area contributed by atoms with Crippen LogP contribution in [0.1, 0.15) is 63.2 Å². The van der Waals surface area contributed by atoms with E-state index in [2.05, 4.69) is 23.7 Å². The highest BCUT2D eigenvalue weighted by Crippen LogP contribution is 2.31. The molecule has 1 N–H and O–H groups in total. The Morgan fingerprint density at radius 2 is 1.71 bits per heavy atom. The molecule has 0 aromatic rings. The van der Waals surface area contributed by atoms with Gasteiger partial charge in [-0.05, 0) is 24.6 Å². The topological polar surface area (TPSA) is 67.8 Å². The first-order chi connectivity index (χ1) is 13.6. The standard InChI is InChI=1S/C14H14N2O3S.4C2H6.H2/c1-3-8-11(4-2)15-16-14-12-9-6-5-7-10-13(12)20(17,18)19-14;4*1-2;/h3-6,8-10,15H,1-2,7H2;4*1-2H3;1H/b11-8+,16-14-;;;;;. The number of hydrogen-bond donors (Lipinski definition) is 1. The Hall–Kier alpha value is -2.34. The van der Waals surface area contributed by atoms with Crippen molar-refractivity contribution in [2.45, 2.75) is 61.8 Å². The molecule has 1 aliphatic heterocycles. The van der Waals surface area contributed by atoms with Gasteiger partial charge >= 0.3 is 10.1 Å². The van der Waals surface area contributed by atoms with E-state index in [1.54, 1.807) is 30.4 Å². The summed E-state index contributed by atoms with van der Waals surface area (Å²) < 4.78 is 28.7. The molecular weight excluding hydrogens is 372 g/mol. The molecule has 1 saturated heterocycles. The van der Waals surface area contributed by atoms with E-state index in [1.165, 1.54) is 6.08 Å². The Bertz CT molecular complexity index is 702. The van der Waals surface area contributed by atoms with Crippen molar-refractivity contribution in [2.24, 2.45) is 5.10 Å². The fourth-order valence-corrected chi connectivity index (χ4v) is 2.84. The molecule has 1 fully saturated rings. The summed E-state index contributed by atoms with van der Waals surface area (Å²) in [4.78, 5) is 0.149. The molecule has 6 heteroatoms. The zero-order chi connectivity index (χ0) is 22.6. The third-order valence-corrected chi connectivity index (χ3v) is 3.90. The van der Waals surface area contributed by atoms with E-state index in [9.17, 15) is 8.42 Å². The van der Waals surface area contributed by atoms with Crippen LogP contribution < -0.4 is 5.43 Å². The summed E-state index contributed by atoms with van der Waals surface area (Å²) >= 11 is 0. The van der Waals surface area contributed by atoms with E-state index >= 15 is 0 Å². The number of rotatable bonds is 4. The summed E-state index contributed by atoms with van der Waals surface area (Å²) in [5, 5.41) is 3.97. The Kier molecular flexibility index (Phi) is 21.1. The van der Waals surface area contributed by atoms with Crippen LogP contribution >= 0.6 is 0 Å². The first kappa shape index (κ1) is 30.4. The summed E-state index contributed by atoms with van der Waals surface area (Å²) in [7, 11) is -3.77. The van der Waals surface area contributed by atoms with E-state index in [1.807, 2.05) is 61.5 Å². The second-order valence-electron chi connectivity index (χ2n) is 3.94. The molecule has 2 rings (SSSR count). The fourth-order valence-electron chi connectivity index (χ4n) is 1.69. The van der Waals surface area contributed by atoms with Crippen molar-refractivity contribution in [1.29, 1.82) is 0 Å². The van der Waals surface area contributed by atoms with Crippen molar-refractivity contribution in [3.8, 4) is 0 Å². The summed E-state index contributed by atoms with van der Waals surface area (Å²) in [6.45, 7) is 23.2. The molecule has 0 aromatic heterocycles. The Morgan fingerprint density at radius 1 is 1.14 bits per heavy atom. The van der Waals surface area contributed by atoms with E-state index in [-0.39, 0.29) is 12.2 Å². The van der Waals surface area contributed by atoms with Crippen molar-refractivity contribution >= 4 is 16.0 Å². The Morgan fingerprint density at radius 3 is 2.21 bits per heavy atom. The van der Waals surface area contributed by atoms with Crippen LogP contribution in [-0.2, 0) is 14.3 Å². The largest absolute Gasteiger partial charge is 0.356 e. The smallest absolute Gasteiger partial charge is 0.341 e. The molecule has 1 aliphatic carbocycles. The van der Waals surface area contributed by atoms with Gasteiger partial charge < -0.3 is 4.18 Å². The highest BCUT2D eigenvalue weighted by Gasteiger charge is 2.37. The molecule has 0 saturated carbocycles. The Balaban J connectivity index is -0.000000310. The normalized spacial score (nSPS) is 16.7. The van der Waals surface area contributed by atoms with E-state index < -0.39 is 10.1 Å². The van der Waals surface area contributed by atoms with Crippen LogP contribution in [0.15, 0.2) is 77.0 Å². The van der Waals surface area contributed by atoms with Crippen LogP contribution in [0.5, 0.6) is 0 Å². The molecule has 5 nitrogen and oxygen atoms in total. The highest BCUT2D eigenvalue weighted by molar-refractivity contribution is 7.92. The van der Waals surface area contributed by atoms with Gasteiger partial charge in [-0.25, -0.2) is 0 Å². The molecule has 0 atom stereocenters. The maximum atomic E-state index is 11.9. The molecule has 162 valence electrons. The molecular formula is C22H40N2O3S. The van der Waals surface area contributed by atoms with Crippen molar-refractivity contribution in [1.82, 2.24) is 5.43 Å². The first-order valence-corrected chi connectivity index (χ1v) is 11.3. The lowest BCUT2D eigenvalue weighted by atomic mass is 10.2. The molecule has 0 radical (unpaired) electrons. The lowest BCUT2D eigenvalue weighted by Crippen LogP contribution is -2.09. The molecule has 0 aromatic carbocycles. The van der Waals surface area contributed by atoms with Gasteiger partial charge in [-0.15, -0.1) is 5.10 Å². The van der Waals surface area contributed by atoms with Gasteiger partial charge in [0.2, 0.25) is 0 Å². The molecule has 2 aliphatic rings. The van der Waals surface area contributed by atoms with Crippen LogP contribution in [0.4, 0.5) is 0 Å². The summed E-state index contributed by atoms with van der Waals surface area (Å²) in [6, 6.07) is 0. The predicted molar refractivity (Wildman–Crippen MR) is 126 cm³/mol. The van der Waals surface area contributed by atoms with Crippen molar-refractivity contribution in [3.63, 3.8) is 0 Å². The number of allylic oxidation sites excluding steroid dienone is 7. The van der Waals surface area contributed by atoms with Gasteiger partial charge in [0.15, 0.2) is 0 Å². The first-order valence-electron chi connectivity index (χ1n) is 9.89. The fraction of sp³-hybridized carbons (Fsp3) is 0.409. The van der Waals surface area contributed by atoms with Crippen molar-refractivity contribution in [3.05, 3.63) is 71.9 Å². The maximum absolute atomic E-state index is 11.9. The average Bonchev–Trinajstić information content (AvgIpc) is 2.92. The zero-order valence-electron chi connectivity index (χ0n) is 18.7. The predicted octanol–water partition coefficient (Wildman–Crippen LogP) is 6.63. The zero-order valence-corrected chi connectivity index (χ0v) is 19.6. The third kappa shape index (κ3) is 10.1. The van der Waals surface area contributed by atoms with Gasteiger partial charge in [-0.1, -0.05) is 92.9 Å². The maximum Gasteiger partial charge on any atom is 0.341 e. The van der Waals surface area contributed by atoms with Crippen molar-refractivity contribution in [2.75, 3.05) is 0 Å². The number of nitrogens with zero attached hydrogens (tertiary/aromatic N) is 1. The minimum absolute atomic E-state index is 0. The van der Waals surface area contributed by atoms with Crippen LogP contribution in [-0.4, -0.2) is 14.3 Å². The lowest BCUT2D eigenvalue weighted by Gasteiger charge is -2.01. The summed E-state index contributed by atoms with van der Waals surface area (Å²) in [5.74, 6) is 0.0135. The summed E-state index contributed by atoms with van der Waals surface area (Å²) in [5.41, 5.74) is 3.70. The quantitative estimate of drug-likeness (QED) is 0.320. The van der Waals surface area contributed by atoms with E-state index in [4.69, 9.17) is 4.18 Å². The highest BCUT2D eigenvalue weighted by atomic mass is 32.2. The SMILES string of the molecule is C=C/C=C(\C=C)N/N=C1\OS(=O)(=O)C2=CCC=CC=C21.CC.CC.CC.CC.[HH]. The number of fused-ring (bicyclic) bond motifs is 1. The number of nitrogens with one attached hydrogen (secondary N) is 1. The van der Waals surface area contributed by atoms with Gasteiger partial charge in [-0.2, -0.15) is 8.42 Å². The van der Waals surface area contributed by atoms with Gasteiger partial charge in [0, 0.05) is 1.43 Å². The van der Waals surface area contributed by atoms with Crippen LogP contribution in [0.3, 0.4) is 0 Å². The van der Waals surface area contributed by atoms with E-state index in [0.717, 1.165) is 0 Å². The second-order valence-corrected chi connectivity index (χ2v) is 5.46. The van der Waals surface area contributed by atoms with Gasteiger partial charge in [-0.3, -0.25) is 5.43 Å². The number of hydrazone groups is 1. The monoisotopic (exact) mass is 412 g/mol. The van der Waals surface area contributed by atoms with Crippen molar-refractivity contribution < 1.29 is 14.0 Å². The molecule has 0 unspecified atom stereocenters. The lowest BCUT2D eigenvalue weighted by molar-refractivity contribution is 0.497. The second kappa shape index (κ2) is 19.4. The molecule has 0 spiro atoms. The Labute approximate surface area is 174 Å². The number of hydrogen-bond acceptors (Lipinski definition) is 5. The van der Waals surface area contributed by atoms with Crippen LogP contribution in [0.25, 0.3) is 0 Å². The average molecular weight is 413 g/mol. The third-order valence-electron chi connectivity index (χ3n) is 2.60. The van der Waals surface area contributed by atoms with Gasteiger partial charge in [0.05, 0.1) is 11.3 Å². The van der Waals surface area contributed by atoms with Gasteiger partial charge in [0.25, 0.3) is 5.90 Å². The molecule has 28 heavy (non-hydrogen) atoms. The van der Waals surface area contributed by atoms with Crippen LogP contribution in [0, 0.1) is 0 Å².